The van der Waals surface area contributed by atoms with Crippen molar-refractivity contribution in [2.24, 2.45) is 0 Å². The Morgan fingerprint density at radius 3 is 2.62 bits per heavy atom. The van der Waals surface area contributed by atoms with E-state index >= 15 is 0 Å². The van der Waals surface area contributed by atoms with Gasteiger partial charge in [0.2, 0.25) is 5.76 Å². The van der Waals surface area contributed by atoms with Gasteiger partial charge in [0, 0.05) is 17.8 Å². The number of aliphatic hydroxyl groups excluding tert-OH is 1. The van der Waals surface area contributed by atoms with Crippen molar-refractivity contribution in [2.45, 2.75) is 39.7 Å². The largest absolute Gasteiger partial charge is 0.502 e. The van der Waals surface area contributed by atoms with Crippen LogP contribution in [0, 0.1) is 0 Å². The summed E-state index contributed by atoms with van der Waals surface area (Å²) in [5, 5.41) is 10.1. The maximum Gasteiger partial charge on any atom is 0.373 e. The summed E-state index contributed by atoms with van der Waals surface area (Å²) in [7, 11) is 0. The molecule has 24 heavy (non-hydrogen) atoms. The Morgan fingerprint density at radius 1 is 1.33 bits per heavy atom. The summed E-state index contributed by atoms with van der Waals surface area (Å²) in [5.74, 6) is -2.01. The molecule has 1 aliphatic heterocycles. The molecule has 2 rings (SSSR count). The Kier molecular flexibility index (Phi) is 5.38. The molecule has 1 N–H and O–H groups in total. The lowest BCUT2D eigenvalue weighted by atomic mass is 9.98. The van der Waals surface area contributed by atoms with E-state index in [9.17, 15) is 19.5 Å². The average molecular weight is 336 g/mol. The zero-order chi connectivity index (χ0) is 17.9. The van der Waals surface area contributed by atoms with Gasteiger partial charge in [0.1, 0.15) is 11.4 Å². The summed E-state index contributed by atoms with van der Waals surface area (Å²) >= 11 is 0. The fraction of sp³-hybridized carbons (Fsp3) is 0.500. The van der Waals surface area contributed by atoms with Crippen LogP contribution >= 0.6 is 0 Å². The van der Waals surface area contributed by atoms with Crippen LogP contribution in [0.3, 0.4) is 0 Å². The van der Waals surface area contributed by atoms with Gasteiger partial charge < -0.3 is 14.6 Å². The number of carbonyl (C=O) groups excluding carboxylic acids is 2. The third-order valence-electron chi connectivity index (χ3n) is 3.77. The first-order valence-electron chi connectivity index (χ1n) is 7.80. The molecule has 130 valence electrons. The first-order chi connectivity index (χ1) is 11.4. The van der Waals surface area contributed by atoms with Crippen molar-refractivity contribution in [1.82, 2.24) is 9.55 Å². The number of rotatable bonds is 4. The van der Waals surface area contributed by atoms with Crippen LogP contribution in [0.1, 0.15) is 55.8 Å². The van der Waals surface area contributed by atoms with Gasteiger partial charge >= 0.3 is 11.9 Å². The molecule has 1 aromatic heterocycles. The van der Waals surface area contributed by atoms with Crippen molar-refractivity contribution in [1.29, 1.82) is 0 Å². The molecule has 1 aliphatic rings. The Hall–Kier alpha value is -2.64. The molecule has 0 saturated carbocycles. The van der Waals surface area contributed by atoms with Gasteiger partial charge in [0.25, 0.3) is 5.56 Å². The van der Waals surface area contributed by atoms with Crippen LogP contribution in [0.15, 0.2) is 16.8 Å². The van der Waals surface area contributed by atoms with Gasteiger partial charge in [-0.05, 0) is 33.6 Å². The van der Waals surface area contributed by atoms with Crippen molar-refractivity contribution in [3.05, 3.63) is 33.7 Å². The van der Waals surface area contributed by atoms with E-state index in [4.69, 9.17) is 9.47 Å². The smallest absolute Gasteiger partial charge is 0.373 e. The van der Waals surface area contributed by atoms with Crippen LogP contribution < -0.4 is 5.56 Å². The molecule has 8 nitrogen and oxygen atoms in total. The first kappa shape index (κ1) is 17.7. The molecule has 0 bridgehead atoms. The number of ether oxygens (including phenoxy) is 2. The van der Waals surface area contributed by atoms with Crippen molar-refractivity contribution in [2.75, 3.05) is 13.2 Å². The monoisotopic (exact) mass is 336 g/mol. The van der Waals surface area contributed by atoms with Crippen LogP contribution in [-0.4, -0.2) is 39.8 Å². The second-order valence-electron chi connectivity index (χ2n) is 5.33. The van der Waals surface area contributed by atoms with Gasteiger partial charge in [0.15, 0.2) is 0 Å². The predicted octanol–water partition coefficient (Wildman–Crippen LogP) is 1.61. The molecule has 0 aliphatic carbocycles. The topological polar surface area (TPSA) is 108 Å². The Balaban J connectivity index is 2.59. The summed E-state index contributed by atoms with van der Waals surface area (Å²) in [6, 6.07) is -0.229. The van der Waals surface area contributed by atoms with E-state index in [0.717, 1.165) is 6.20 Å². The lowest BCUT2D eigenvalue weighted by Crippen LogP contribution is -2.35. The maximum atomic E-state index is 12.6. The fourth-order valence-electron chi connectivity index (χ4n) is 2.59. The Morgan fingerprint density at radius 2 is 2.00 bits per heavy atom. The van der Waals surface area contributed by atoms with E-state index in [1.165, 1.54) is 4.57 Å². The van der Waals surface area contributed by atoms with Crippen molar-refractivity contribution in [3.8, 4) is 0 Å². The summed E-state index contributed by atoms with van der Waals surface area (Å²) < 4.78 is 10.9. The number of hydrogen-bond donors (Lipinski definition) is 1. The minimum atomic E-state index is -0.864. The summed E-state index contributed by atoms with van der Waals surface area (Å²) in [6.45, 7) is 5.34. The normalized spacial score (nSPS) is 18.5. The molecule has 8 heteroatoms. The number of aliphatic hydroxyl groups is 1. The molecule has 1 aromatic rings. The second-order valence-corrected chi connectivity index (χ2v) is 5.33. The second kappa shape index (κ2) is 7.29. The SMILES string of the molecule is CCOC(=O)/C(O)=C1\CCC(C)n2c1ncc(C(=O)OCC)c2=O. The third kappa shape index (κ3) is 3.17. The highest BCUT2D eigenvalue weighted by Crippen LogP contribution is 2.31. The van der Waals surface area contributed by atoms with E-state index < -0.39 is 23.3 Å². The van der Waals surface area contributed by atoms with Gasteiger partial charge in [-0.25, -0.2) is 14.6 Å². The zero-order valence-corrected chi connectivity index (χ0v) is 13.9. The van der Waals surface area contributed by atoms with Gasteiger partial charge in [-0.2, -0.15) is 0 Å². The maximum absolute atomic E-state index is 12.6. The van der Waals surface area contributed by atoms with Crippen LogP contribution in [0.4, 0.5) is 0 Å². The number of nitrogens with zero attached hydrogens (tertiary/aromatic N) is 2. The number of allylic oxidation sites excluding steroid dienone is 1. The molecule has 2 heterocycles. The lowest BCUT2D eigenvalue weighted by molar-refractivity contribution is -0.141. The standard InChI is InChI=1S/C16H20N2O6/c1-4-23-15(21)11-8-17-13-10(12(19)16(22)24-5-2)7-6-9(3)18(13)14(11)20/h8-9,19H,4-7H2,1-3H3/b12-10-. The molecule has 0 amide bonds. The summed E-state index contributed by atoms with van der Waals surface area (Å²) in [6.07, 6.45) is 2.00. The molecule has 0 aromatic carbocycles. The van der Waals surface area contributed by atoms with E-state index in [-0.39, 0.29) is 36.2 Å². The average Bonchev–Trinajstić information content (AvgIpc) is 2.55. The van der Waals surface area contributed by atoms with Gasteiger partial charge in [-0.3, -0.25) is 9.36 Å². The number of fused-ring (bicyclic) bond motifs is 1. The first-order valence-corrected chi connectivity index (χ1v) is 7.80. The third-order valence-corrected chi connectivity index (χ3v) is 3.77. The molecule has 1 unspecified atom stereocenters. The highest BCUT2D eigenvalue weighted by Gasteiger charge is 2.29. The van der Waals surface area contributed by atoms with Crippen LogP contribution in [0.2, 0.25) is 0 Å². The Bertz CT molecular complexity index is 749. The van der Waals surface area contributed by atoms with Gasteiger partial charge in [-0.15, -0.1) is 0 Å². The molecule has 0 saturated heterocycles. The quantitative estimate of drug-likeness (QED) is 0.505. The molecular weight excluding hydrogens is 316 g/mol. The number of hydrogen-bond acceptors (Lipinski definition) is 7. The van der Waals surface area contributed by atoms with Crippen LogP contribution in [-0.2, 0) is 14.3 Å². The molecule has 1 atom stereocenters. The van der Waals surface area contributed by atoms with Crippen molar-refractivity contribution >= 4 is 17.5 Å². The molecule has 0 radical (unpaired) electrons. The molecular formula is C16H20N2O6. The summed E-state index contributed by atoms with van der Waals surface area (Å²) in [5.41, 5.74) is -0.497. The number of aromatic nitrogens is 2. The van der Waals surface area contributed by atoms with Crippen molar-refractivity contribution in [3.63, 3.8) is 0 Å². The minimum Gasteiger partial charge on any atom is -0.502 e. The fourth-order valence-corrected chi connectivity index (χ4v) is 2.59. The van der Waals surface area contributed by atoms with Crippen LogP contribution in [0.25, 0.3) is 5.57 Å². The number of carbonyl (C=O) groups is 2. The van der Waals surface area contributed by atoms with Crippen molar-refractivity contribution < 1.29 is 24.2 Å². The zero-order valence-electron chi connectivity index (χ0n) is 13.9. The van der Waals surface area contributed by atoms with E-state index in [1.54, 1.807) is 20.8 Å². The van der Waals surface area contributed by atoms with Crippen LogP contribution in [0.5, 0.6) is 0 Å². The van der Waals surface area contributed by atoms with Gasteiger partial charge in [-0.1, -0.05) is 0 Å². The number of esters is 2. The Labute approximate surface area is 138 Å². The van der Waals surface area contributed by atoms with Gasteiger partial charge in [0.05, 0.1) is 13.2 Å². The van der Waals surface area contributed by atoms with E-state index in [0.29, 0.717) is 12.8 Å². The highest BCUT2D eigenvalue weighted by atomic mass is 16.5. The minimum absolute atomic E-state index is 0.120. The van der Waals surface area contributed by atoms with E-state index in [2.05, 4.69) is 4.98 Å². The molecule has 0 fully saturated rings. The highest BCUT2D eigenvalue weighted by molar-refractivity contribution is 5.94. The molecule has 0 spiro atoms. The predicted molar refractivity (Wildman–Crippen MR) is 84.6 cm³/mol. The lowest BCUT2D eigenvalue weighted by Gasteiger charge is -2.26. The van der Waals surface area contributed by atoms with E-state index in [1.807, 2.05) is 0 Å². The summed E-state index contributed by atoms with van der Waals surface area (Å²) in [4.78, 5) is 40.3.